The van der Waals surface area contributed by atoms with Gasteiger partial charge in [0.05, 0.1) is 16.6 Å². The van der Waals surface area contributed by atoms with Crippen LogP contribution in [-0.4, -0.2) is 9.78 Å². The molecule has 0 fully saturated rings. The summed E-state index contributed by atoms with van der Waals surface area (Å²) in [6, 6.07) is 5.01. The standard InChI is InChI=1S/C9H9FN2/c1-6-9-7(10)4-3-5-8(9)12(2)11-6/h3-5H,1-2H3. The molecule has 1 aromatic carbocycles. The van der Waals surface area contributed by atoms with Crippen LogP contribution in [0.4, 0.5) is 4.39 Å². The molecule has 0 atom stereocenters. The van der Waals surface area contributed by atoms with Gasteiger partial charge >= 0.3 is 0 Å². The number of aryl methyl sites for hydroxylation is 2. The molecule has 0 radical (unpaired) electrons. The fourth-order valence-electron chi connectivity index (χ4n) is 1.47. The van der Waals surface area contributed by atoms with Gasteiger partial charge in [-0.2, -0.15) is 5.10 Å². The van der Waals surface area contributed by atoms with Crippen molar-refractivity contribution in [2.75, 3.05) is 0 Å². The Bertz CT molecular complexity index is 431. The van der Waals surface area contributed by atoms with Crippen molar-refractivity contribution in [3.63, 3.8) is 0 Å². The van der Waals surface area contributed by atoms with E-state index in [4.69, 9.17) is 0 Å². The Morgan fingerprint density at radius 3 is 2.83 bits per heavy atom. The molecule has 62 valence electrons. The number of halogens is 1. The third-order valence-electron chi connectivity index (χ3n) is 2.00. The molecule has 0 aliphatic carbocycles. The van der Waals surface area contributed by atoms with Crippen molar-refractivity contribution in [1.29, 1.82) is 0 Å². The predicted octanol–water partition coefficient (Wildman–Crippen LogP) is 2.02. The van der Waals surface area contributed by atoms with Crippen LogP contribution in [0.2, 0.25) is 0 Å². The molecule has 3 heteroatoms. The summed E-state index contributed by atoms with van der Waals surface area (Å²) in [6.07, 6.45) is 0. The molecule has 0 aliphatic rings. The summed E-state index contributed by atoms with van der Waals surface area (Å²) < 4.78 is 14.9. The second-order valence-electron chi connectivity index (χ2n) is 2.84. The summed E-state index contributed by atoms with van der Waals surface area (Å²) in [4.78, 5) is 0. The van der Waals surface area contributed by atoms with Gasteiger partial charge in [-0.15, -0.1) is 0 Å². The van der Waals surface area contributed by atoms with Gasteiger partial charge < -0.3 is 0 Å². The topological polar surface area (TPSA) is 17.8 Å². The molecule has 0 bridgehead atoms. The van der Waals surface area contributed by atoms with Crippen molar-refractivity contribution in [2.45, 2.75) is 6.92 Å². The third-order valence-corrected chi connectivity index (χ3v) is 2.00. The Balaban J connectivity index is 2.99. The van der Waals surface area contributed by atoms with Gasteiger partial charge in [0.15, 0.2) is 0 Å². The fourth-order valence-corrected chi connectivity index (χ4v) is 1.47. The molecule has 2 rings (SSSR count). The smallest absolute Gasteiger partial charge is 0.134 e. The number of rotatable bonds is 0. The highest BCUT2D eigenvalue weighted by molar-refractivity contribution is 5.82. The quantitative estimate of drug-likeness (QED) is 0.582. The monoisotopic (exact) mass is 164 g/mol. The summed E-state index contributed by atoms with van der Waals surface area (Å²) in [5.74, 6) is -0.196. The molecule has 0 unspecified atom stereocenters. The van der Waals surface area contributed by atoms with Crippen LogP contribution < -0.4 is 0 Å². The highest BCUT2D eigenvalue weighted by Gasteiger charge is 2.07. The van der Waals surface area contributed by atoms with E-state index in [1.54, 1.807) is 10.7 Å². The van der Waals surface area contributed by atoms with Gasteiger partial charge in [-0.3, -0.25) is 4.68 Å². The van der Waals surface area contributed by atoms with Crippen molar-refractivity contribution < 1.29 is 4.39 Å². The molecule has 0 saturated heterocycles. The van der Waals surface area contributed by atoms with Crippen LogP contribution >= 0.6 is 0 Å². The Morgan fingerprint density at radius 2 is 2.17 bits per heavy atom. The zero-order valence-corrected chi connectivity index (χ0v) is 7.00. The second kappa shape index (κ2) is 2.30. The molecule has 0 N–H and O–H groups in total. The lowest BCUT2D eigenvalue weighted by Gasteiger charge is -1.93. The highest BCUT2D eigenvalue weighted by atomic mass is 19.1. The van der Waals surface area contributed by atoms with Crippen molar-refractivity contribution in [1.82, 2.24) is 9.78 Å². The van der Waals surface area contributed by atoms with E-state index in [0.717, 1.165) is 11.2 Å². The number of aromatic nitrogens is 2. The first kappa shape index (κ1) is 7.28. The molecular formula is C9H9FN2. The van der Waals surface area contributed by atoms with Crippen molar-refractivity contribution in [3.8, 4) is 0 Å². The zero-order valence-electron chi connectivity index (χ0n) is 7.00. The van der Waals surface area contributed by atoms with Gasteiger partial charge in [-0.25, -0.2) is 4.39 Å². The van der Waals surface area contributed by atoms with E-state index in [1.807, 2.05) is 20.0 Å². The first-order valence-electron chi connectivity index (χ1n) is 3.78. The first-order valence-corrected chi connectivity index (χ1v) is 3.78. The maximum Gasteiger partial charge on any atom is 0.134 e. The highest BCUT2D eigenvalue weighted by Crippen LogP contribution is 2.19. The lowest BCUT2D eigenvalue weighted by molar-refractivity contribution is 0.639. The molecule has 0 amide bonds. The SMILES string of the molecule is Cc1nn(C)c2cccc(F)c12. The molecule has 0 saturated carbocycles. The molecule has 1 aromatic heterocycles. The second-order valence-corrected chi connectivity index (χ2v) is 2.84. The van der Waals surface area contributed by atoms with E-state index in [0.29, 0.717) is 5.39 Å². The summed E-state index contributed by atoms with van der Waals surface area (Å²) >= 11 is 0. The fraction of sp³-hybridized carbons (Fsp3) is 0.222. The Kier molecular flexibility index (Phi) is 1.40. The van der Waals surface area contributed by atoms with Crippen molar-refractivity contribution in [2.24, 2.45) is 7.05 Å². The van der Waals surface area contributed by atoms with E-state index in [2.05, 4.69) is 5.10 Å². The average molecular weight is 164 g/mol. The molecule has 0 aliphatic heterocycles. The first-order chi connectivity index (χ1) is 5.70. The zero-order chi connectivity index (χ0) is 8.72. The van der Waals surface area contributed by atoms with E-state index in [9.17, 15) is 4.39 Å². The van der Waals surface area contributed by atoms with E-state index >= 15 is 0 Å². The normalized spacial score (nSPS) is 10.9. The minimum atomic E-state index is -0.196. The lowest BCUT2D eigenvalue weighted by Crippen LogP contribution is -1.88. The van der Waals surface area contributed by atoms with Crippen LogP contribution in [0.25, 0.3) is 10.9 Å². The van der Waals surface area contributed by atoms with E-state index in [-0.39, 0.29) is 5.82 Å². The minimum absolute atomic E-state index is 0.196. The van der Waals surface area contributed by atoms with Crippen LogP contribution in [-0.2, 0) is 7.05 Å². The van der Waals surface area contributed by atoms with Gasteiger partial charge in [-0.05, 0) is 19.1 Å². The van der Waals surface area contributed by atoms with Crippen LogP contribution in [0.15, 0.2) is 18.2 Å². The van der Waals surface area contributed by atoms with E-state index in [1.165, 1.54) is 6.07 Å². The van der Waals surface area contributed by atoms with Crippen LogP contribution in [0.3, 0.4) is 0 Å². The maximum absolute atomic E-state index is 13.2. The summed E-state index contributed by atoms with van der Waals surface area (Å²) in [6.45, 7) is 1.81. The summed E-state index contributed by atoms with van der Waals surface area (Å²) in [7, 11) is 1.81. The number of nitrogens with zero attached hydrogens (tertiary/aromatic N) is 2. The molecular weight excluding hydrogens is 155 g/mol. The molecule has 0 spiro atoms. The molecule has 2 nitrogen and oxygen atoms in total. The number of fused-ring (bicyclic) bond motifs is 1. The average Bonchev–Trinajstić information content (AvgIpc) is 2.29. The maximum atomic E-state index is 13.2. The Labute approximate surface area is 69.6 Å². The molecule has 2 aromatic rings. The minimum Gasteiger partial charge on any atom is -0.268 e. The van der Waals surface area contributed by atoms with Crippen molar-refractivity contribution in [3.05, 3.63) is 29.7 Å². The summed E-state index contributed by atoms with van der Waals surface area (Å²) in [5, 5.41) is 4.75. The van der Waals surface area contributed by atoms with Gasteiger partial charge in [0, 0.05) is 7.05 Å². The Morgan fingerprint density at radius 1 is 1.42 bits per heavy atom. The molecule has 1 heterocycles. The summed E-state index contributed by atoms with van der Waals surface area (Å²) in [5.41, 5.74) is 1.58. The van der Waals surface area contributed by atoms with Gasteiger partial charge in [0.25, 0.3) is 0 Å². The van der Waals surface area contributed by atoms with Crippen LogP contribution in [0, 0.1) is 12.7 Å². The third kappa shape index (κ3) is 0.826. The predicted molar refractivity (Wildman–Crippen MR) is 45.4 cm³/mol. The van der Waals surface area contributed by atoms with Crippen LogP contribution in [0.5, 0.6) is 0 Å². The van der Waals surface area contributed by atoms with Crippen molar-refractivity contribution >= 4 is 10.9 Å². The Hall–Kier alpha value is -1.38. The van der Waals surface area contributed by atoms with Crippen LogP contribution in [0.1, 0.15) is 5.69 Å². The largest absolute Gasteiger partial charge is 0.268 e. The van der Waals surface area contributed by atoms with Gasteiger partial charge in [0.1, 0.15) is 5.82 Å². The number of benzene rings is 1. The number of hydrogen-bond donors (Lipinski definition) is 0. The van der Waals surface area contributed by atoms with Gasteiger partial charge in [-0.1, -0.05) is 6.07 Å². The molecule has 12 heavy (non-hydrogen) atoms. The number of hydrogen-bond acceptors (Lipinski definition) is 1. The van der Waals surface area contributed by atoms with E-state index < -0.39 is 0 Å². The van der Waals surface area contributed by atoms with Gasteiger partial charge in [0.2, 0.25) is 0 Å². The lowest BCUT2D eigenvalue weighted by atomic mass is 10.2.